The zero-order valence-corrected chi connectivity index (χ0v) is 23.8. The molecular formula is C32H47N3OS. The van der Waals surface area contributed by atoms with E-state index in [1.165, 1.54) is 10.6 Å². The van der Waals surface area contributed by atoms with Crippen molar-refractivity contribution in [3.63, 3.8) is 0 Å². The lowest BCUT2D eigenvalue weighted by Crippen LogP contribution is -2.34. The van der Waals surface area contributed by atoms with Gasteiger partial charge in [0.05, 0.1) is 5.69 Å². The number of aryl methyl sites for hydroxylation is 1. The molecule has 1 atom stereocenters. The third kappa shape index (κ3) is 14.7. The summed E-state index contributed by atoms with van der Waals surface area (Å²) >= 11 is 1.64. The van der Waals surface area contributed by atoms with Crippen molar-refractivity contribution in [2.24, 2.45) is 0 Å². The standard InChI is InChI=1S/C32H47N3OS/c1-3-5-6-7-8-9-10-11-12-13-14-15-16-17-18-19-20-21-22-23-31(36)35-32-34-29-25-24-28(33-26-4-2)27-30(29)37-32/h5-6,8-9,11-12,14-15,17-18,20-21,28,33H,3-4,7,10,13,16,19,22-27H2,1-2H3,(H,34,35,36). The first-order valence-corrected chi connectivity index (χ1v) is 15.0. The number of fused-ring (bicyclic) bond motifs is 1. The third-order valence-electron chi connectivity index (χ3n) is 6.00. The zero-order chi connectivity index (χ0) is 26.4. The van der Waals surface area contributed by atoms with E-state index in [2.05, 4.69) is 102 Å². The van der Waals surface area contributed by atoms with Gasteiger partial charge in [-0.1, -0.05) is 86.8 Å². The number of nitrogens with zero attached hydrogens (tertiary/aromatic N) is 1. The van der Waals surface area contributed by atoms with Crippen LogP contribution in [0.25, 0.3) is 0 Å². The van der Waals surface area contributed by atoms with Crippen molar-refractivity contribution in [1.82, 2.24) is 10.3 Å². The predicted octanol–water partition coefficient (Wildman–Crippen LogP) is 8.42. The van der Waals surface area contributed by atoms with Gasteiger partial charge in [0, 0.05) is 17.3 Å². The largest absolute Gasteiger partial charge is 0.314 e. The van der Waals surface area contributed by atoms with Crippen molar-refractivity contribution in [3.05, 3.63) is 83.5 Å². The maximum atomic E-state index is 12.3. The zero-order valence-electron chi connectivity index (χ0n) is 23.0. The highest BCUT2D eigenvalue weighted by atomic mass is 32.1. The van der Waals surface area contributed by atoms with Crippen molar-refractivity contribution >= 4 is 22.4 Å². The molecule has 1 amide bonds. The summed E-state index contributed by atoms with van der Waals surface area (Å²) in [6.07, 6.45) is 37.9. The summed E-state index contributed by atoms with van der Waals surface area (Å²) in [6, 6.07) is 0.546. The molecule has 0 aromatic carbocycles. The number of anilines is 1. The molecule has 0 saturated carbocycles. The summed E-state index contributed by atoms with van der Waals surface area (Å²) in [4.78, 5) is 18.3. The Morgan fingerprint density at radius 2 is 1.43 bits per heavy atom. The Hall–Kier alpha value is -2.50. The van der Waals surface area contributed by atoms with Crippen LogP contribution in [-0.2, 0) is 17.6 Å². The van der Waals surface area contributed by atoms with E-state index in [0.717, 1.165) is 82.3 Å². The van der Waals surface area contributed by atoms with Gasteiger partial charge in [-0.3, -0.25) is 4.79 Å². The minimum atomic E-state index is 0.0475. The minimum absolute atomic E-state index is 0.0475. The molecule has 1 aromatic heterocycles. The molecule has 4 nitrogen and oxygen atoms in total. The van der Waals surface area contributed by atoms with Crippen LogP contribution in [0, 0.1) is 0 Å². The lowest BCUT2D eigenvalue weighted by atomic mass is 9.98. The maximum Gasteiger partial charge on any atom is 0.226 e. The van der Waals surface area contributed by atoms with Gasteiger partial charge in [-0.15, -0.1) is 11.3 Å². The number of thiazole rings is 1. The lowest BCUT2D eigenvalue weighted by molar-refractivity contribution is -0.116. The Morgan fingerprint density at radius 1 is 0.865 bits per heavy atom. The minimum Gasteiger partial charge on any atom is -0.314 e. The molecule has 0 aliphatic heterocycles. The van der Waals surface area contributed by atoms with E-state index >= 15 is 0 Å². The average molecular weight is 522 g/mol. The number of allylic oxidation sites excluding steroid dienone is 12. The van der Waals surface area contributed by atoms with Crippen LogP contribution in [0.5, 0.6) is 0 Å². The second kappa shape index (κ2) is 20.5. The molecule has 1 aromatic rings. The number of nitrogens with one attached hydrogen (secondary N) is 2. The molecule has 0 spiro atoms. The van der Waals surface area contributed by atoms with E-state index in [1.807, 2.05) is 0 Å². The maximum absolute atomic E-state index is 12.3. The van der Waals surface area contributed by atoms with Crippen LogP contribution in [0.1, 0.15) is 88.6 Å². The summed E-state index contributed by atoms with van der Waals surface area (Å²) in [5.41, 5.74) is 1.17. The van der Waals surface area contributed by atoms with E-state index in [4.69, 9.17) is 0 Å². The predicted molar refractivity (Wildman–Crippen MR) is 162 cm³/mol. The molecule has 1 unspecified atom stereocenters. The summed E-state index contributed by atoms with van der Waals surface area (Å²) in [7, 11) is 0. The van der Waals surface area contributed by atoms with Crippen LogP contribution < -0.4 is 10.6 Å². The monoisotopic (exact) mass is 521 g/mol. The van der Waals surface area contributed by atoms with Crippen LogP contribution >= 0.6 is 11.3 Å². The van der Waals surface area contributed by atoms with Crippen molar-refractivity contribution in [3.8, 4) is 0 Å². The Morgan fingerprint density at radius 3 is 2.00 bits per heavy atom. The smallest absolute Gasteiger partial charge is 0.226 e. The molecule has 2 N–H and O–H groups in total. The van der Waals surface area contributed by atoms with E-state index in [9.17, 15) is 4.79 Å². The fraction of sp³-hybridized carbons (Fsp3) is 0.500. The van der Waals surface area contributed by atoms with Crippen LogP contribution in [0.4, 0.5) is 5.13 Å². The van der Waals surface area contributed by atoms with E-state index in [-0.39, 0.29) is 5.91 Å². The quantitative estimate of drug-likeness (QED) is 0.191. The Balaban J connectivity index is 1.50. The molecule has 2 rings (SSSR count). The van der Waals surface area contributed by atoms with Crippen LogP contribution in [0.2, 0.25) is 0 Å². The normalized spacial score (nSPS) is 16.4. The fourth-order valence-corrected chi connectivity index (χ4v) is 5.09. The third-order valence-corrected chi connectivity index (χ3v) is 7.04. The summed E-state index contributed by atoms with van der Waals surface area (Å²) in [5.74, 6) is 0.0475. The molecule has 0 saturated heterocycles. The van der Waals surface area contributed by atoms with Gasteiger partial charge in [-0.05, 0) is 77.2 Å². The number of carbonyl (C=O) groups is 1. The SMILES string of the molecule is CCC=CCC=CCC=CCC=CCC=CCC=CCCC(=O)Nc1nc2c(s1)CC(NCCC)CC2. The van der Waals surface area contributed by atoms with Gasteiger partial charge < -0.3 is 10.6 Å². The van der Waals surface area contributed by atoms with Gasteiger partial charge in [-0.2, -0.15) is 0 Å². The van der Waals surface area contributed by atoms with E-state index < -0.39 is 0 Å². The average Bonchev–Trinajstić information content (AvgIpc) is 3.30. The first-order valence-electron chi connectivity index (χ1n) is 14.1. The summed E-state index contributed by atoms with van der Waals surface area (Å²) in [5, 5.41) is 7.37. The van der Waals surface area contributed by atoms with Crippen LogP contribution in [-0.4, -0.2) is 23.5 Å². The molecule has 5 heteroatoms. The van der Waals surface area contributed by atoms with Gasteiger partial charge in [0.1, 0.15) is 0 Å². The number of hydrogen-bond donors (Lipinski definition) is 2. The molecule has 1 heterocycles. The highest BCUT2D eigenvalue weighted by molar-refractivity contribution is 7.15. The number of amides is 1. The second-order valence-corrected chi connectivity index (χ2v) is 10.4. The number of carbonyl (C=O) groups excluding carboxylic acids is 1. The van der Waals surface area contributed by atoms with Crippen molar-refractivity contribution in [1.29, 1.82) is 0 Å². The topological polar surface area (TPSA) is 54.0 Å². The number of rotatable bonds is 18. The first kappa shape index (κ1) is 30.7. The lowest BCUT2D eigenvalue weighted by Gasteiger charge is -2.21. The van der Waals surface area contributed by atoms with Gasteiger partial charge in [0.15, 0.2) is 5.13 Å². The molecule has 0 radical (unpaired) electrons. The molecule has 0 bridgehead atoms. The van der Waals surface area contributed by atoms with Gasteiger partial charge >= 0.3 is 0 Å². The molecule has 1 aliphatic carbocycles. The highest BCUT2D eigenvalue weighted by Gasteiger charge is 2.22. The van der Waals surface area contributed by atoms with Gasteiger partial charge in [-0.25, -0.2) is 4.98 Å². The highest BCUT2D eigenvalue weighted by Crippen LogP contribution is 2.30. The number of aromatic nitrogens is 1. The molecular weight excluding hydrogens is 474 g/mol. The number of hydrogen-bond acceptors (Lipinski definition) is 4. The Labute approximate surface area is 229 Å². The summed E-state index contributed by atoms with van der Waals surface area (Å²) < 4.78 is 0. The first-order chi connectivity index (χ1) is 18.2. The van der Waals surface area contributed by atoms with Crippen molar-refractivity contribution < 1.29 is 4.79 Å². The van der Waals surface area contributed by atoms with E-state index in [1.54, 1.807) is 11.3 Å². The molecule has 37 heavy (non-hydrogen) atoms. The van der Waals surface area contributed by atoms with Crippen molar-refractivity contribution in [2.75, 3.05) is 11.9 Å². The van der Waals surface area contributed by atoms with Crippen LogP contribution in [0.15, 0.2) is 72.9 Å². The van der Waals surface area contributed by atoms with Gasteiger partial charge in [0.25, 0.3) is 0 Å². The summed E-state index contributed by atoms with van der Waals surface area (Å²) in [6.45, 7) is 5.42. The fourth-order valence-electron chi connectivity index (χ4n) is 3.99. The molecule has 1 aliphatic rings. The molecule has 202 valence electrons. The van der Waals surface area contributed by atoms with E-state index in [0.29, 0.717) is 12.5 Å². The van der Waals surface area contributed by atoms with Gasteiger partial charge in [0.2, 0.25) is 5.91 Å². The Bertz CT molecular complexity index is 936. The van der Waals surface area contributed by atoms with Crippen LogP contribution in [0.3, 0.4) is 0 Å². The molecule has 0 fully saturated rings. The van der Waals surface area contributed by atoms with Crippen molar-refractivity contribution in [2.45, 2.75) is 96.9 Å². The Kier molecular flexibility index (Phi) is 17.1. The second-order valence-electron chi connectivity index (χ2n) is 9.28.